The lowest BCUT2D eigenvalue weighted by Crippen LogP contribution is -2.15. The summed E-state index contributed by atoms with van der Waals surface area (Å²) in [5.74, 6) is 0. The van der Waals surface area contributed by atoms with Gasteiger partial charge in [0.15, 0.2) is 6.29 Å². The van der Waals surface area contributed by atoms with Crippen LogP contribution in [0.5, 0.6) is 0 Å². The Morgan fingerprint density at radius 2 is 2.07 bits per heavy atom. The molecule has 0 aliphatic carbocycles. The third-order valence-electron chi connectivity index (χ3n) is 2.31. The van der Waals surface area contributed by atoms with E-state index in [1.807, 2.05) is 30.3 Å². The zero-order valence-corrected chi connectivity index (χ0v) is 8.06. The van der Waals surface area contributed by atoms with E-state index in [0.29, 0.717) is 13.2 Å². The first-order valence-corrected chi connectivity index (χ1v) is 4.92. The highest BCUT2D eigenvalue weighted by molar-refractivity contribution is 5.16. The first-order valence-electron chi connectivity index (χ1n) is 4.92. The predicted molar refractivity (Wildman–Crippen MR) is 53.7 cm³/mol. The lowest BCUT2D eigenvalue weighted by molar-refractivity contribution is -0.0607. The van der Waals surface area contributed by atoms with Gasteiger partial charge >= 0.3 is 0 Å². The Hall–Kier alpha value is -0.900. The average Bonchev–Trinajstić information content (AvgIpc) is 2.68. The minimum Gasteiger partial charge on any atom is -0.346 e. The van der Waals surface area contributed by atoms with Crippen LogP contribution in [-0.4, -0.2) is 19.3 Å². The van der Waals surface area contributed by atoms with Crippen LogP contribution in [0, 0.1) is 0 Å². The molecule has 3 nitrogen and oxygen atoms in total. The van der Waals surface area contributed by atoms with Gasteiger partial charge in [0.05, 0.1) is 12.7 Å². The van der Waals surface area contributed by atoms with Gasteiger partial charge in [-0.25, -0.2) is 0 Å². The van der Waals surface area contributed by atoms with Crippen molar-refractivity contribution in [2.24, 2.45) is 5.73 Å². The van der Waals surface area contributed by atoms with Gasteiger partial charge in [-0.3, -0.25) is 0 Å². The van der Waals surface area contributed by atoms with Crippen LogP contribution in [0.15, 0.2) is 30.3 Å². The zero-order chi connectivity index (χ0) is 9.80. The van der Waals surface area contributed by atoms with Gasteiger partial charge in [0, 0.05) is 5.56 Å². The largest absolute Gasteiger partial charge is 0.346 e. The van der Waals surface area contributed by atoms with E-state index in [9.17, 15) is 0 Å². The van der Waals surface area contributed by atoms with Crippen LogP contribution in [0.2, 0.25) is 0 Å². The number of ether oxygens (including phenoxy) is 2. The highest BCUT2D eigenvalue weighted by atomic mass is 16.7. The van der Waals surface area contributed by atoms with Crippen molar-refractivity contribution in [2.75, 3.05) is 13.2 Å². The number of hydrogen-bond donors (Lipinski definition) is 1. The Balaban J connectivity index is 1.96. The normalized spacial score (nSPS) is 26.6. The molecule has 0 radical (unpaired) electrons. The van der Waals surface area contributed by atoms with E-state index in [2.05, 4.69) is 0 Å². The third-order valence-corrected chi connectivity index (χ3v) is 2.31. The monoisotopic (exact) mass is 193 g/mol. The Kier molecular flexibility index (Phi) is 3.14. The molecule has 1 aromatic carbocycles. The second-order valence-electron chi connectivity index (χ2n) is 3.41. The molecule has 2 N–H and O–H groups in total. The molecule has 2 rings (SSSR count). The maximum absolute atomic E-state index is 5.69. The maximum atomic E-state index is 5.69. The summed E-state index contributed by atoms with van der Waals surface area (Å²) in [7, 11) is 0. The Bertz CT molecular complexity index is 276. The van der Waals surface area contributed by atoms with Crippen LogP contribution in [0.1, 0.15) is 18.3 Å². The average molecular weight is 193 g/mol. The minimum absolute atomic E-state index is 0.158. The quantitative estimate of drug-likeness (QED) is 0.790. The molecule has 1 saturated heterocycles. The number of rotatable bonds is 3. The van der Waals surface area contributed by atoms with Gasteiger partial charge < -0.3 is 15.2 Å². The minimum atomic E-state index is -0.201. The first-order chi connectivity index (χ1) is 6.90. The molecule has 1 aliphatic rings. The van der Waals surface area contributed by atoms with E-state index in [0.717, 1.165) is 12.0 Å². The molecule has 1 heterocycles. The lowest BCUT2D eigenvalue weighted by atomic mass is 10.2. The van der Waals surface area contributed by atoms with E-state index >= 15 is 0 Å². The van der Waals surface area contributed by atoms with Gasteiger partial charge in [-0.05, 0) is 13.0 Å². The predicted octanol–water partition coefficient (Wildman–Crippen LogP) is 1.45. The van der Waals surface area contributed by atoms with Crippen LogP contribution in [0.25, 0.3) is 0 Å². The molecule has 76 valence electrons. The topological polar surface area (TPSA) is 44.5 Å². The molecule has 0 amide bonds. The summed E-state index contributed by atoms with van der Waals surface area (Å²) >= 11 is 0. The SMILES string of the molecule is NCCC1COC(c2ccccc2)O1. The van der Waals surface area contributed by atoms with E-state index in [1.165, 1.54) is 0 Å². The van der Waals surface area contributed by atoms with Crippen molar-refractivity contribution in [3.05, 3.63) is 35.9 Å². The lowest BCUT2D eigenvalue weighted by Gasteiger charge is -2.10. The maximum Gasteiger partial charge on any atom is 0.184 e. The van der Waals surface area contributed by atoms with Gasteiger partial charge in [0.1, 0.15) is 0 Å². The van der Waals surface area contributed by atoms with E-state index in [4.69, 9.17) is 15.2 Å². The summed E-state index contributed by atoms with van der Waals surface area (Å²) in [5, 5.41) is 0. The van der Waals surface area contributed by atoms with Gasteiger partial charge in [-0.15, -0.1) is 0 Å². The molecule has 2 atom stereocenters. The van der Waals surface area contributed by atoms with Crippen LogP contribution >= 0.6 is 0 Å². The van der Waals surface area contributed by atoms with Crippen molar-refractivity contribution < 1.29 is 9.47 Å². The summed E-state index contributed by atoms with van der Waals surface area (Å²) in [6.07, 6.45) is 0.821. The van der Waals surface area contributed by atoms with Crippen molar-refractivity contribution in [1.82, 2.24) is 0 Å². The summed E-state index contributed by atoms with van der Waals surface area (Å²) < 4.78 is 11.2. The van der Waals surface area contributed by atoms with Crippen molar-refractivity contribution in [3.63, 3.8) is 0 Å². The van der Waals surface area contributed by atoms with Gasteiger partial charge in [0.2, 0.25) is 0 Å². The summed E-state index contributed by atoms with van der Waals surface area (Å²) in [6, 6.07) is 9.97. The molecule has 0 aromatic heterocycles. The smallest absolute Gasteiger partial charge is 0.184 e. The highest BCUT2D eigenvalue weighted by Gasteiger charge is 2.26. The second kappa shape index (κ2) is 4.55. The van der Waals surface area contributed by atoms with E-state index in [1.54, 1.807) is 0 Å². The fourth-order valence-electron chi connectivity index (χ4n) is 1.57. The molecule has 1 fully saturated rings. The van der Waals surface area contributed by atoms with E-state index in [-0.39, 0.29) is 12.4 Å². The molecule has 3 heteroatoms. The van der Waals surface area contributed by atoms with E-state index < -0.39 is 0 Å². The second-order valence-corrected chi connectivity index (χ2v) is 3.41. The summed E-state index contributed by atoms with van der Waals surface area (Å²) in [5.41, 5.74) is 6.53. The summed E-state index contributed by atoms with van der Waals surface area (Å²) in [6.45, 7) is 1.30. The standard InChI is InChI=1S/C11H15NO2/c12-7-6-10-8-13-11(14-10)9-4-2-1-3-5-9/h1-5,10-11H,6-8,12H2. The number of benzene rings is 1. The van der Waals surface area contributed by atoms with Crippen LogP contribution < -0.4 is 5.73 Å². The Morgan fingerprint density at radius 3 is 2.79 bits per heavy atom. The Morgan fingerprint density at radius 1 is 1.29 bits per heavy atom. The zero-order valence-electron chi connectivity index (χ0n) is 8.06. The third kappa shape index (κ3) is 2.12. The van der Waals surface area contributed by atoms with Crippen LogP contribution in [0.4, 0.5) is 0 Å². The molecular weight excluding hydrogens is 178 g/mol. The van der Waals surface area contributed by atoms with Gasteiger partial charge in [0.25, 0.3) is 0 Å². The van der Waals surface area contributed by atoms with Crippen LogP contribution in [-0.2, 0) is 9.47 Å². The molecule has 14 heavy (non-hydrogen) atoms. The Labute approximate surface area is 83.8 Å². The molecule has 1 aliphatic heterocycles. The highest BCUT2D eigenvalue weighted by Crippen LogP contribution is 2.27. The van der Waals surface area contributed by atoms with Crippen molar-refractivity contribution >= 4 is 0 Å². The van der Waals surface area contributed by atoms with Gasteiger partial charge in [-0.2, -0.15) is 0 Å². The fraction of sp³-hybridized carbons (Fsp3) is 0.455. The van der Waals surface area contributed by atoms with Crippen molar-refractivity contribution in [2.45, 2.75) is 18.8 Å². The van der Waals surface area contributed by atoms with Crippen molar-refractivity contribution in [3.8, 4) is 0 Å². The molecule has 2 unspecified atom stereocenters. The summed E-state index contributed by atoms with van der Waals surface area (Å²) in [4.78, 5) is 0. The van der Waals surface area contributed by atoms with Crippen LogP contribution in [0.3, 0.4) is 0 Å². The molecule has 0 saturated carbocycles. The molecule has 0 spiro atoms. The number of hydrogen-bond acceptors (Lipinski definition) is 3. The molecule has 1 aromatic rings. The fourth-order valence-corrected chi connectivity index (χ4v) is 1.57. The first kappa shape index (κ1) is 9.65. The van der Waals surface area contributed by atoms with Gasteiger partial charge in [-0.1, -0.05) is 30.3 Å². The molecule has 0 bridgehead atoms. The molecular formula is C11H15NO2. The van der Waals surface area contributed by atoms with Crippen molar-refractivity contribution in [1.29, 1.82) is 0 Å². The number of nitrogens with two attached hydrogens (primary N) is 1.